The topological polar surface area (TPSA) is 76.8 Å². The van der Waals surface area contributed by atoms with Crippen LogP contribution in [0, 0.1) is 13.8 Å². The molecular formula is C27H21NO5. The lowest BCUT2D eigenvalue weighted by Crippen LogP contribution is -2.29. The van der Waals surface area contributed by atoms with E-state index in [1.807, 2.05) is 44.2 Å². The highest BCUT2D eigenvalue weighted by molar-refractivity contribution is 6.10. The average molecular weight is 439 g/mol. The van der Waals surface area contributed by atoms with Crippen molar-refractivity contribution >= 4 is 28.5 Å². The Kier molecular flexibility index (Phi) is 4.86. The number of carbonyl (C=O) groups is 2. The molecule has 0 aliphatic carbocycles. The molecule has 1 atom stereocenters. The van der Waals surface area contributed by atoms with Gasteiger partial charge in [-0.1, -0.05) is 35.9 Å². The minimum atomic E-state index is -0.692. The molecule has 1 aliphatic rings. The number of hydrogen-bond donors (Lipinski definition) is 0. The van der Waals surface area contributed by atoms with E-state index in [0.29, 0.717) is 33.3 Å². The summed E-state index contributed by atoms with van der Waals surface area (Å²) in [5, 5.41) is 0.434. The molecule has 6 heteroatoms. The van der Waals surface area contributed by atoms with E-state index in [0.717, 1.165) is 11.1 Å². The minimum absolute atomic E-state index is 0.0416. The summed E-state index contributed by atoms with van der Waals surface area (Å²) in [7, 11) is 1.32. The lowest BCUT2D eigenvalue weighted by Gasteiger charge is -2.25. The fraction of sp³-hybridized carbons (Fsp3) is 0.148. The van der Waals surface area contributed by atoms with E-state index in [1.54, 1.807) is 41.3 Å². The summed E-state index contributed by atoms with van der Waals surface area (Å²) in [4.78, 5) is 40.7. The molecule has 3 aromatic carbocycles. The highest BCUT2D eigenvalue weighted by Crippen LogP contribution is 2.41. The first kappa shape index (κ1) is 20.7. The van der Waals surface area contributed by atoms with Crippen LogP contribution in [-0.4, -0.2) is 19.0 Å². The van der Waals surface area contributed by atoms with Crippen molar-refractivity contribution < 1.29 is 18.7 Å². The fourth-order valence-corrected chi connectivity index (χ4v) is 4.37. The molecule has 4 aromatic rings. The van der Waals surface area contributed by atoms with Gasteiger partial charge in [-0.3, -0.25) is 14.5 Å². The number of hydrogen-bond acceptors (Lipinski definition) is 5. The van der Waals surface area contributed by atoms with Crippen molar-refractivity contribution in [1.82, 2.24) is 0 Å². The van der Waals surface area contributed by atoms with Gasteiger partial charge in [0.2, 0.25) is 5.76 Å². The number of esters is 1. The van der Waals surface area contributed by atoms with Crippen molar-refractivity contribution in [3.63, 3.8) is 0 Å². The predicted octanol–water partition coefficient (Wildman–Crippen LogP) is 4.95. The van der Waals surface area contributed by atoms with Gasteiger partial charge in [-0.2, -0.15) is 0 Å². The number of nitrogens with zero attached hydrogens (tertiary/aromatic N) is 1. The monoisotopic (exact) mass is 439 g/mol. The van der Waals surface area contributed by atoms with E-state index in [1.165, 1.54) is 7.11 Å². The zero-order chi connectivity index (χ0) is 23.3. The summed E-state index contributed by atoms with van der Waals surface area (Å²) < 4.78 is 10.8. The third-order valence-electron chi connectivity index (χ3n) is 5.95. The first-order valence-corrected chi connectivity index (χ1v) is 10.5. The molecule has 0 N–H and O–H groups in total. The van der Waals surface area contributed by atoms with Crippen LogP contribution in [0.2, 0.25) is 0 Å². The van der Waals surface area contributed by atoms with Gasteiger partial charge in [0.15, 0.2) is 5.43 Å². The molecule has 33 heavy (non-hydrogen) atoms. The van der Waals surface area contributed by atoms with Gasteiger partial charge in [-0.15, -0.1) is 0 Å². The van der Waals surface area contributed by atoms with E-state index < -0.39 is 12.0 Å². The third-order valence-corrected chi connectivity index (χ3v) is 5.95. The number of rotatable bonds is 3. The van der Waals surface area contributed by atoms with Gasteiger partial charge in [0, 0.05) is 5.69 Å². The molecule has 1 aliphatic heterocycles. The van der Waals surface area contributed by atoms with Gasteiger partial charge < -0.3 is 9.15 Å². The second-order valence-electron chi connectivity index (χ2n) is 8.20. The number of benzene rings is 3. The maximum atomic E-state index is 13.7. The predicted molar refractivity (Wildman–Crippen MR) is 125 cm³/mol. The van der Waals surface area contributed by atoms with Crippen LogP contribution in [-0.2, 0) is 4.74 Å². The molecule has 0 fully saturated rings. The maximum Gasteiger partial charge on any atom is 0.337 e. The van der Waals surface area contributed by atoms with E-state index in [2.05, 4.69) is 0 Å². The van der Waals surface area contributed by atoms with Gasteiger partial charge in [0.25, 0.3) is 5.91 Å². The molecule has 1 aromatic heterocycles. The van der Waals surface area contributed by atoms with Crippen molar-refractivity contribution in [3.05, 3.63) is 111 Å². The van der Waals surface area contributed by atoms with Crippen LogP contribution in [0.1, 0.15) is 49.2 Å². The largest absolute Gasteiger partial charge is 0.465 e. The summed E-state index contributed by atoms with van der Waals surface area (Å²) in [5.41, 5.74) is 4.08. The van der Waals surface area contributed by atoms with E-state index in [4.69, 9.17) is 9.15 Å². The molecular weight excluding hydrogens is 418 g/mol. The molecule has 0 spiro atoms. The number of carbonyl (C=O) groups excluding carboxylic acids is 2. The summed E-state index contributed by atoms with van der Waals surface area (Å²) in [6.07, 6.45) is 0. The standard InChI is InChI=1S/C27H21NO5/c1-15-5-4-6-19(13-15)28-23(17-8-10-18(11-9-17)27(31)32-3)22-24(29)20-14-16(2)7-12-21(20)33-25(22)26(28)30/h4-14,23H,1-3H3. The van der Waals surface area contributed by atoms with Crippen LogP contribution in [0.15, 0.2) is 75.9 Å². The number of aryl methyl sites for hydroxylation is 2. The first-order chi connectivity index (χ1) is 15.9. The van der Waals surface area contributed by atoms with Crippen molar-refractivity contribution in [1.29, 1.82) is 0 Å². The van der Waals surface area contributed by atoms with Crippen LogP contribution in [0.4, 0.5) is 5.69 Å². The SMILES string of the molecule is COC(=O)c1ccc(C2c3c(oc4ccc(C)cc4c3=O)C(=O)N2c2cccc(C)c2)cc1. The van der Waals surface area contributed by atoms with Gasteiger partial charge in [0.05, 0.1) is 29.7 Å². The molecule has 164 valence electrons. The zero-order valence-corrected chi connectivity index (χ0v) is 18.4. The molecule has 0 saturated carbocycles. The number of ether oxygens (including phenoxy) is 1. The second-order valence-corrected chi connectivity index (χ2v) is 8.20. The van der Waals surface area contributed by atoms with Crippen molar-refractivity contribution in [2.45, 2.75) is 19.9 Å². The van der Waals surface area contributed by atoms with E-state index >= 15 is 0 Å². The molecule has 0 radical (unpaired) electrons. The summed E-state index contributed by atoms with van der Waals surface area (Å²) >= 11 is 0. The lowest BCUT2D eigenvalue weighted by molar-refractivity contribution is 0.0600. The Labute approximate surface area is 190 Å². The van der Waals surface area contributed by atoms with Crippen LogP contribution in [0.5, 0.6) is 0 Å². The Hall–Kier alpha value is -4.19. The second kappa shape index (κ2) is 7.74. The number of amides is 1. The Morgan fingerprint density at radius 3 is 2.36 bits per heavy atom. The molecule has 1 unspecified atom stereocenters. The number of fused-ring (bicyclic) bond motifs is 2. The smallest absolute Gasteiger partial charge is 0.337 e. The van der Waals surface area contributed by atoms with Crippen LogP contribution >= 0.6 is 0 Å². The molecule has 2 heterocycles. The summed E-state index contributed by atoms with van der Waals surface area (Å²) in [6, 6.07) is 18.9. The van der Waals surface area contributed by atoms with Crippen molar-refractivity contribution in [2.75, 3.05) is 12.0 Å². The molecule has 0 saturated heterocycles. The van der Waals surface area contributed by atoms with Crippen molar-refractivity contribution in [3.8, 4) is 0 Å². The zero-order valence-electron chi connectivity index (χ0n) is 18.4. The lowest BCUT2D eigenvalue weighted by atomic mass is 9.97. The highest BCUT2D eigenvalue weighted by atomic mass is 16.5. The molecule has 5 rings (SSSR count). The summed E-state index contributed by atoms with van der Waals surface area (Å²) in [5.74, 6) is -0.793. The number of methoxy groups -OCH3 is 1. The molecule has 0 bridgehead atoms. The Bertz CT molecular complexity index is 1480. The van der Waals surface area contributed by atoms with Gasteiger partial charge >= 0.3 is 5.97 Å². The first-order valence-electron chi connectivity index (χ1n) is 10.5. The molecule has 1 amide bonds. The van der Waals surface area contributed by atoms with E-state index in [-0.39, 0.29) is 17.1 Å². The van der Waals surface area contributed by atoms with Crippen LogP contribution < -0.4 is 10.3 Å². The van der Waals surface area contributed by atoms with E-state index in [9.17, 15) is 14.4 Å². The Balaban J connectivity index is 1.77. The average Bonchev–Trinajstić information content (AvgIpc) is 3.11. The maximum absolute atomic E-state index is 13.7. The van der Waals surface area contributed by atoms with Gasteiger partial charge in [-0.25, -0.2) is 4.79 Å². The van der Waals surface area contributed by atoms with Crippen LogP contribution in [0.25, 0.3) is 11.0 Å². The quantitative estimate of drug-likeness (QED) is 0.422. The van der Waals surface area contributed by atoms with Gasteiger partial charge in [-0.05, 0) is 61.4 Å². The van der Waals surface area contributed by atoms with Crippen molar-refractivity contribution in [2.24, 2.45) is 0 Å². The Morgan fingerprint density at radius 1 is 0.939 bits per heavy atom. The minimum Gasteiger partial charge on any atom is -0.465 e. The normalized spacial score (nSPS) is 15.1. The Morgan fingerprint density at radius 2 is 1.67 bits per heavy atom. The van der Waals surface area contributed by atoms with Crippen LogP contribution in [0.3, 0.4) is 0 Å². The van der Waals surface area contributed by atoms with Gasteiger partial charge in [0.1, 0.15) is 5.58 Å². The third kappa shape index (κ3) is 3.31. The summed E-state index contributed by atoms with van der Waals surface area (Å²) in [6.45, 7) is 3.84. The number of anilines is 1. The highest BCUT2D eigenvalue weighted by Gasteiger charge is 2.43. The fourth-order valence-electron chi connectivity index (χ4n) is 4.37. The molecule has 6 nitrogen and oxygen atoms in total.